The summed E-state index contributed by atoms with van der Waals surface area (Å²) in [6.07, 6.45) is 0.0774. The molecule has 2 atom stereocenters. The molecule has 5 heteroatoms. The van der Waals surface area contributed by atoms with E-state index in [1.807, 2.05) is 45.0 Å². The number of hydrogen-bond donors (Lipinski definition) is 0. The van der Waals surface area contributed by atoms with Crippen LogP contribution in [-0.2, 0) is 11.3 Å². The lowest BCUT2D eigenvalue weighted by molar-refractivity contribution is -0.0592. The summed E-state index contributed by atoms with van der Waals surface area (Å²) in [4.78, 5) is 14.3. The van der Waals surface area contributed by atoms with E-state index in [1.165, 1.54) is 0 Å². The number of carbonyl (C=O) groups excluding carboxylic acids is 1. The van der Waals surface area contributed by atoms with Crippen molar-refractivity contribution in [1.29, 1.82) is 0 Å². The second-order valence-electron chi connectivity index (χ2n) is 6.34. The second kappa shape index (κ2) is 7.09. The van der Waals surface area contributed by atoms with Crippen LogP contribution in [0, 0.1) is 6.92 Å². The molecule has 0 N–H and O–H groups in total. The maximum atomic E-state index is 12.6. The number of nitrogens with zero attached hydrogens (tertiary/aromatic N) is 1. The van der Waals surface area contributed by atoms with Crippen molar-refractivity contribution in [3.8, 4) is 5.75 Å². The Morgan fingerprint density at radius 3 is 2.67 bits per heavy atom. The lowest BCUT2D eigenvalue weighted by atomic mass is 10.2. The fourth-order valence-electron chi connectivity index (χ4n) is 2.93. The van der Waals surface area contributed by atoms with Crippen LogP contribution >= 0.6 is 0 Å². The summed E-state index contributed by atoms with van der Waals surface area (Å²) in [5, 5.41) is 0. The van der Waals surface area contributed by atoms with E-state index in [0.29, 0.717) is 31.2 Å². The average molecular weight is 329 g/mol. The molecule has 3 rings (SSSR count). The minimum atomic E-state index is -0.0983. The predicted octanol–water partition coefficient (Wildman–Crippen LogP) is 3.42. The van der Waals surface area contributed by atoms with Crippen LogP contribution in [0.3, 0.4) is 0 Å². The van der Waals surface area contributed by atoms with E-state index in [4.69, 9.17) is 13.9 Å². The Bertz CT molecular complexity index is 699. The second-order valence-corrected chi connectivity index (χ2v) is 6.34. The van der Waals surface area contributed by atoms with Crippen LogP contribution in [0.5, 0.6) is 5.75 Å². The number of aryl methyl sites for hydroxylation is 1. The number of rotatable bonds is 4. The van der Waals surface area contributed by atoms with Gasteiger partial charge in [-0.2, -0.15) is 0 Å². The van der Waals surface area contributed by atoms with Crippen molar-refractivity contribution in [3.63, 3.8) is 0 Å². The SMILES string of the molecule is Cc1cccc(OCc2ccc(C(=O)N3C[C@@H](C)O[C@H](C)C3)o2)c1. The van der Waals surface area contributed by atoms with Gasteiger partial charge >= 0.3 is 0 Å². The van der Waals surface area contributed by atoms with Crippen molar-refractivity contribution in [1.82, 2.24) is 4.90 Å². The summed E-state index contributed by atoms with van der Waals surface area (Å²) in [5.74, 6) is 1.67. The molecular formula is C19H23NO4. The Balaban J connectivity index is 1.61. The Hall–Kier alpha value is -2.27. The van der Waals surface area contributed by atoms with Gasteiger partial charge in [0.15, 0.2) is 5.76 Å². The maximum Gasteiger partial charge on any atom is 0.289 e. The molecule has 24 heavy (non-hydrogen) atoms. The Kier molecular flexibility index (Phi) is 4.90. The van der Waals surface area contributed by atoms with E-state index in [9.17, 15) is 4.79 Å². The van der Waals surface area contributed by atoms with E-state index in [-0.39, 0.29) is 18.1 Å². The molecule has 0 bridgehead atoms. The lowest BCUT2D eigenvalue weighted by Crippen LogP contribution is -2.48. The zero-order valence-corrected chi connectivity index (χ0v) is 14.3. The number of hydrogen-bond acceptors (Lipinski definition) is 4. The topological polar surface area (TPSA) is 51.9 Å². The van der Waals surface area contributed by atoms with Crippen molar-refractivity contribution in [3.05, 3.63) is 53.5 Å². The Labute approximate surface area is 142 Å². The quantitative estimate of drug-likeness (QED) is 0.862. The summed E-state index contributed by atoms with van der Waals surface area (Å²) in [6.45, 7) is 7.42. The van der Waals surface area contributed by atoms with E-state index in [2.05, 4.69) is 0 Å². The van der Waals surface area contributed by atoms with Gasteiger partial charge in [0, 0.05) is 13.1 Å². The smallest absolute Gasteiger partial charge is 0.289 e. The number of amides is 1. The molecule has 1 aromatic carbocycles. The van der Waals surface area contributed by atoms with Crippen molar-refractivity contribution < 1.29 is 18.7 Å². The lowest BCUT2D eigenvalue weighted by Gasteiger charge is -2.34. The highest BCUT2D eigenvalue weighted by atomic mass is 16.5. The molecule has 1 amide bonds. The molecule has 2 aromatic rings. The van der Waals surface area contributed by atoms with Gasteiger partial charge in [0.2, 0.25) is 0 Å². The third kappa shape index (κ3) is 3.97. The molecule has 1 saturated heterocycles. The summed E-state index contributed by atoms with van der Waals surface area (Å²) >= 11 is 0. The van der Waals surface area contributed by atoms with Crippen molar-refractivity contribution in [2.45, 2.75) is 39.6 Å². The normalized spacial score (nSPS) is 20.9. The maximum absolute atomic E-state index is 12.6. The average Bonchev–Trinajstić information content (AvgIpc) is 3.00. The molecule has 2 heterocycles. The van der Waals surface area contributed by atoms with Crippen LogP contribution in [0.15, 0.2) is 40.8 Å². The summed E-state index contributed by atoms with van der Waals surface area (Å²) in [6, 6.07) is 11.3. The molecule has 1 aliphatic heterocycles. The zero-order chi connectivity index (χ0) is 17.1. The minimum Gasteiger partial charge on any atom is -0.486 e. The molecular weight excluding hydrogens is 306 g/mol. The van der Waals surface area contributed by atoms with Gasteiger partial charge in [-0.3, -0.25) is 4.79 Å². The highest BCUT2D eigenvalue weighted by molar-refractivity contribution is 5.91. The van der Waals surface area contributed by atoms with Crippen LogP contribution in [0.2, 0.25) is 0 Å². The van der Waals surface area contributed by atoms with Gasteiger partial charge < -0.3 is 18.8 Å². The van der Waals surface area contributed by atoms with Gasteiger partial charge in [-0.05, 0) is 50.6 Å². The first-order chi connectivity index (χ1) is 11.5. The molecule has 1 aliphatic rings. The van der Waals surface area contributed by atoms with E-state index < -0.39 is 0 Å². The van der Waals surface area contributed by atoms with Crippen molar-refractivity contribution in [2.24, 2.45) is 0 Å². The van der Waals surface area contributed by atoms with Gasteiger partial charge in [-0.1, -0.05) is 12.1 Å². The Morgan fingerprint density at radius 2 is 1.96 bits per heavy atom. The predicted molar refractivity (Wildman–Crippen MR) is 90.1 cm³/mol. The molecule has 1 aromatic heterocycles. The van der Waals surface area contributed by atoms with E-state index >= 15 is 0 Å². The summed E-state index contributed by atoms with van der Waals surface area (Å²) in [5.41, 5.74) is 1.14. The molecule has 1 fully saturated rings. The first-order valence-electron chi connectivity index (χ1n) is 8.24. The molecule has 0 radical (unpaired) electrons. The zero-order valence-electron chi connectivity index (χ0n) is 14.3. The number of ether oxygens (including phenoxy) is 2. The first-order valence-corrected chi connectivity index (χ1v) is 8.24. The largest absolute Gasteiger partial charge is 0.486 e. The van der Waals surface area contributed by atoms with Crippen LogP contribution in [0.25, 0.3) is 0 Å². The molecule has 0 unspecified atom stereocenters. The standard InChI is InChI=1S/C19H23NO4/c1-13-5-4-6-16(9-13)22-12-17-7-8-18(24-17)19(21)20-10-14(2)23-15(3)11-20/h4-9,14-15H,10-12H2,1-3H3/t14-,15-/m1/s1. The molecule has 128 valence electrons. The minimum absolute atomic E-state index is 0.0387. The van der Waals surface area contributed by atoms with Gasteiger partial charge in [0.05, 0.1) is 12.2 Å². The first kappa shape index (κ1) is 16.6. The van der Waals surface area contributed by atoms with Gasteiger partial charge in [0.1, 0.15) is 18.1 Å². The molecule has 0 saturated carbocycles. The summed E-state index contributed by atoms with van der Waals surface area (Å²) in [7, 11) is 0. The fraction of sp³-hybridized carbons (Fsp3) is 0.421. The van der Waals surface area contributed by atoms with Crippen molar-refractivity contribution >= 4 is 5.91 Å². The third-order valence-corrected chi connectivity index (χ3v) is 3.95. The molecule has 0 aliphatic carbocycles. The number of furan rings is 1. The van der Waals surface area contributed by atoms with Crippen LogP contribution in [0.4, 0.5) is 0 Å². The van der Waals surface area contributed by atoms with E-state index in [1.54, 1.807) is 17.0 Å². The van der Waals surface area contributed by atoms with Gasteiger partial charge in [-0.25, -0.2) is 0 Å². The number of morpholine rings is 1. The van der Waals surface area contributed by atoms with Crippen LogP contribution in [-0.4, -0.2) is 36.1 Å². The van der Waals surface area contributed by atoms with Gasteiger partial charge in [-0.15, -0.1) is 0 Å². The van der Waals surface area contributed by atoms with Crippen LogP contribution < -0.4 is 4.74 Å². The molecule has 5 nitrogen and oxygen atoms in total. The molecule has 0 spiro atoms. The highest BCUT2D eigenvalue weighted by Crippen LogP contribution is 2.18. The summed E-state index contributed by atoms with van der Waals surface area (Å²) < 4.78 is 17.0. The van der Waals surface area contributed by atoms with Crippen LogP contribution in [0.1, 0.15) is 35.7 Å². The fourth-order valence-corrected chi connectivity index (χ4v) is 2.93. The number of benzene rings is 1. The van der Waals surface area contributed by atoms with Gasteiger partial charge in [0.25, 0.3) is 5.91 Å². The Morgan fingerprint density at radius 1 is 1.21 bits per heavy atom. The monoisotopic (exact) mass is 329 g/mol. The van der Waals surface area contributed by atoms with E-state index in [0.717, 1.165) is 11.3 Å². The van der Waals surface area contributed by atoms with Crippen molar-refractivity contribution in [2.75, 3.05) is 13.1 Å². The third-order valence-electron chi connectivity index (χ3n) is 3.95. The number of carbonyl (C=O) groups is 1. The highest BCUT2D eigenvalue weighted by Gasteiger charge is 2.28.